The molecule has 0 amide bonds. The van der Waals surface area contributed by atoms with Crippen LogP contribution in [0.5, 0.6) is 0 Å². The predicted octanol–water partition coefficient (Wildman–Crippen LogP) is 15.0. The molecule has 11 rings (SSSR count). The number of nitrogens with zero attached hydrogens (tertiary/aromatic N) is 1. The van der Waals surface area contributed by atoms with E-state index >= 15 is 0 Å². The van der Waals surface area contributed by atoms with Gasteiger partial charge in [0.2, 0.25) is 0 Å². The summed E-state index contributed by atoms with van der Waals surface area (Å²) in [6.07, 6.45) is 0. The number of anilines is 3. The van der Waals surface area contributed by atoms with Crippen LogP contribution in [0.3, 0.4) is 0 Å². The molecule has 10 aromatic carbocycles. The lowest BCUT2D eigenvalue weighted by atomic mass is 9.89. The molecule has 11 aromatic rings. The van der Waals surface area contributed by atoms with E-state index in [0.29, 0.717) is 0 Å². The summed E-state index contributed by atoms with van der Waals surface area (Å²) in [6.45, 7) is 0. The zero-order valence-corrected chi connectivity index (χ0v) is 29.4. The second-order valence-corrected chi connectivity index (χ2v) is 14.1. The highest BCUT2D eigenvalue weighted by atomic mass is 16.3. The number of hydrogen-bond donors (Lipinski definition) is 0. The van der Waals surface area contributed by atoms with Gasteiger partial charge in [0.1, 0.15) is 11.2 Å². The average molecular weight is 688 g/mol. The minimum absolute atomic E-state index is 0.857. The third-order valence-electron chi connectivity index (χ3n) is 11.0. The molecule has 2 nitrogen and oxygen atoms in total. The van der Waals surface area contributed by atoms with Crippen molar-refractivity contribution in [3.05, 3.63) is 200 Å². The van der Waals surface area contributed by atoms with Crippen LogP contribution < -0.4 is 4.90 Å². The van der Waals surface area contributed by atoms with Crippen molar-refractivity contribution in [1.29, 1.82) is 0 Å². The smallest absolute Gasteiger partial charge is 0.143 e. The molecule has 0 fully saturated rings. The van der Waals surface area contributed by atoms with Gasteiger partial charge in [0.25, 0.3) is 0 Å². The third-order valence-corrected chi connectivity index (χ3v) is 11.0. The lowest BCUT2D eigenvalue weighted by molar-refractivity contribution is 0.670. The molecule has 0 atom stereocenters. The molecular formula is C52H33NO. The summed E-state index contributed by atoms with van der Waals surface area (Å²) in [5.41, 5.74) is 9.69. The van der Waals surface area contributed by atoms with Crippen molar-refractivity contribution in [2.75, 3.05) is 4.90 Å². The molecule has 1 aromatic heterocycles. The molecule has 54 heavy (non-hydrogen) atoms. The lowest BCUT2D eigenvalue weighted by Crippen LogP contribution is -2.10. The summed E-state index contributed by atoms with van der Waals surface area (Å²) >= 11 is 0. The van der Waals surface area contributed by atoms with Crippen LogP contribution in [-0.2, 0) is 0 Å². The minimum Gasteiger partial charge on any atom is -0.455 e. The van der Waals surface area contributed by atoms with Crippen LogP contribution in [0.2, 0.25) is 0 Å². The van der Waals surface area contributed by atoms with Gasteiger partial charge in [-0.3, -0.25) is 0 Å². The molecular weight excluding hydrogens is 655 g/mol. The maximum atomic E-state index is 7.11. The second-order valence-electron chi connectivity index (χ2n) is 14.1. The number of benzene rings is 10. The van der Waals surface area contributed by atoms with Crippen molar-refractivity contribution in [2.45, 2.75) is 0 Å². The standard InChI is InChI=1S/C52H33NO/c1-2-13-34(14-3-1)35-25-27-39(28-26-35)53(49-24-12-18-36-15-4-8-20-42(36)49)40-29-30-46-48-32-38-17-6-9-21-43(38)51(52(48)54-50(46)33-40)47-31-37-16-5-7-19-41(37)44-22-10-11-23-45(44)47/h1-33H. The van der Waals surface area contributed by atoms with E-state index in [-0.39, 0.29) is 0 Å². The second kappa shape index (κ2) is 12.2. The summed E-state index contributed by atoms with van der Waals surface area (Å²) in [5.74, 6) is 0. The van der Waals surface area contributed by atoms with Gasteiger partial charge >= 0.3 is 0 Å². The average Bonchev–Trinajstić information content (AvgIpc) is 3.60. The van der Waals surface area contributed by atoms with E-state index in [1.807, 2.05) is 0 Å². The fourth-order valence-electron chi connectivity index (χ4n) is 8.49. The summed E-state index contributed by atoms with van der Waals surface area (Å²) in [5, 5.41) is 11.9. The first-order valence-corrected chi connectivity index (χ1v) is 18.5. The molecule has 2 heteroatoms. The number of fused-ring (bicyclic) bond motifs is 8. The van der Waals surface area contributed by atoms with Gasteiger partial charge in [-0.1, -0.05) is 152 Å². The number of rotatable bonds is 5. The van der Waals surface area contributed by atoms with Crippen molar-refractivity contribution >= 4 is 82.1 Å². The first-order chi connectivity index (χ1) is 26.8. The molecule has 0 aliphatic heterocycles. The van der Waals surface area contributed by atoms with Gasteiger partial charge in [-0.2, -0.15) is 0 Å². The highest BCUT2D eigenvalue weighted by molar-refractivity contribution is 6.23. The van der Waals surface area contributed by atoms with E-state index in [2.05, 4.69) is 205 Å². The Morgan fingerprint density at radius 3 is 1.72 bits per heavy atom. The third kappa shape index (κ3) is 4.81. The lowest BCUT2D eigenvalue weighted by Gasteiger charge is -2.27. The molecule has 0 spiro atoms. The van der Waals surface area contributed by atoms with Crippen molar-refractivity contribution < 1.29 is 4.42 Å². The molecule has 0 radical (unpaired) electrons. The van der Waals surface area contributed by atoms with E-state index in [0.717, 1.165) is 44.6 Å². The van der Waals surface area contributed by atoms with Gasteiger partial charge in [0, 0.05) is 39.2 Å². The largest absolute Gasteiger partial charge is 0.455 e. The zero-order valence-electron chi connectivity index (χ0n) is 29.4. The fourth-order valence-corrected chi connectivity index (χ4v) is 8.49. The SMILES string of the molecule is c1ccc(-c2ccc(N(c3ccc4c(c3)oc3c(-c5cc6ccccc6c6ccccc56)c5ccccc5cc34)c3cccc4ccccc34)cc2)cc1. The molecule has 0 aliphatic carbocycles. The monoisotopic (exact) mass is 687 g/mol. The summed E-state index contributed by atoms with van der Waals surface area (Å²) in [7, 11) is 0. The van der Waals surface area contributed by atoms with Crippen LogP contribution >= 0.6 is 0 Å². The Labute approximate surface area is 312 Å². The Hall–Kier alpha value is -7.16. The summed E-state index contributed by atoms with van der Waals surface area (Å²) < 4.78 is 7.11. The molecule has 0 saturated heterocycles. The van der Waals surface area contributed by atoms with Crippen LogP contribution in [0.1, 0.15) is 0 Å². The normalized spacial score (nSPS) is 11.7. The first-order valence-electron chi connectivity index (χ1n) is 18.5. The van der Waals surface area contributed by atoms with Crippen molar-refractivity contribution in [3.8, 4) is 22.3 Å². The van der Waals surface area contributed by atoms with Crippen molar-refractivity contribution in [2.24, 2.45) is 0 Å². The molecule has 0 saturated carbocycles. The highest BCUT2D eigenvalue weighted by Gasteiger charge is 2.21. The van der Waals surface area contributed by atoms with Crippen LogP contribution in [0.15, 0.2) is 205 Å². The van der Waals surface area contributed by atoms with E-state index in [1.165, 1.54) is 59.8 Å². The van der Waals surface area contributed by atoms with Crippen LogP contribution in [0, 0.1) is 0 Å². The van der Waals surface area contributed by atoms with Gasteiger partial charge in [0.15, 0.2) is 0 Å². The Balaban J connectivity index is 1.16. The Morgan fingerprint density at radius 1 is 0.333 bits per heavy atom. The fraction of sp³-hybridized carbons (Fsp3) is 0. The van der Waals surface area contributed by atoms with E-state index in [1.54, 1.807) is 0 Å². The zero-order chi connectivity index (χ0) is 35.6. The predicted molar refractivity (Wildman–Crippen MR) is 229 cm³/mol. The topological polar surface area (TPSA) is 16.4 Å². The molecule has 1 heterocycles. The van der Waals surface area contributed by atoms with Gasteiger partial charge in [-0.15, -0.1) is 0 Å². The maximum Gasteiger partial charge on any atom is 0.143 e. The van der Waals surface area contributed by atoms with E-state index in [4.69, 9.17) is 4.42 Å². The van der Waals surface area contributed by atoms with Crippen LogP contribution in [0.4, 0.5) is 17.1 Å². The molecule has 0 N–H and O–H groups in total. The highest BCUT2D eigenvalue weighted by Crippen LogP contribution is 2.47. The Morgan fingerprint density at radius 2 is 0.926 bits per heavy atom. The van der Waals surface area contributed by atoms with E-state index in [9.17, 15) is 0 Å². The molecule has 252 valence electrons. The van der Waals surface area contributed by atoms with Gasteiger partial charge < -0.3 is 9.32 Å². The van der Waals surface area contributed by atoms with Gasteiger partial charge in [-0.05, 0) is 96.9 Å². The van der Waals surface area contributed by atoms with Crippen LogP contribution in [-0.4, -0.2) is 0 Å². The van der Waals surface area contributed by atoms with Gasteiger partial charge in [-0.25, -0.2) is 0 Å². The minimum atomic E-state index is 0.857. The summed E-state index contributed by atoms with van der Waals surface area (Å²) in [6, 6.07) is 72.1. The Kier molecular flexibility index (Phi) is 6.90. The van der Waals surface area contributed by atoms with E-state index < -0.39 is 0 Å². The quantitative estimate of drug-likeness (QED) is 0.168. The molecule has 0 aliphatic rings. The number of hydrogen-bond acceptors (Lipinski definition) is 2. The van der Waals surface area contributed by atoms with Gasteiger partial charge in [0.05, 0.1) is 5.69 Å². The van der Waals surface area contributed by atoms with Crippen LogP contribution in [0.25, 0.3) is 87.3 Å². The molecule has 0 bridgehead atoms. The molecule has 0 unspecified atom stereocenters. The summed E-state index contributed by atoms with van der Waals surface area (Å²) in [4.78, 5) is 2.36. The van der Waals surface area contributed by atoms with Crippen molar-refractivity contribution in [1.82, 2.24) is 0 Å². The first kappa shape index (κ1) is 30.5. The Bertz CT molecular complexity index is 3210. The number of furan rings is 1. The van der Waals surface area contributed by atoms with Crippen molar-refractivity contribution in [3.63, 3.8) is 0 Å². The maximum absolute atomic E-state index is 7.11.